The average Bonchev–Trinajstić information content (AvgIpc) is 1.85. The van der Waals surface area contributed by atoms with E-state index in [1.54, 1.807) is 0 Å². The van der Waals surface area contributed by atoms with Crippen molar-refractivity contribution in [3.05, 3.63) is 0 Å². The molecule has 0 aromatic carbocycles. The summed E-state index contributed by atoms with van der Waals surface area (Å²) in [5, 5.41) is 10.2. The Balaban J connectivity index is 4.25. The highest BCUT2D eigenvalue weighted by Gasteiger charge is 2.26. The molecule has 0 aliphatic carbocycles. The van der Waals surface area contributed by atoms with Crippen molar-refractivity contribution in [2.24, 2.45) is 11.7 Å². The van der Waals surface area contributed by atoms with Gasteiger partial charge in [-0.2, -0.15) is 0 Å². The molecule has 0 spiro atoms. The molecule has 0 radical (unpaired) electrons. The molecular formula is C6H13NO4P-. The summed E-state index contributed by atoms with van der Waals surface area (Å²) in [6, 6.07) is 0. The molecule has 0 bridgehead atoms. The zero-order valence-electron chi connectivity index (χ0n) is 7.06. The van der Waals surface area contributed by atoms with Gasteiger partial charge in [-0.1, -0.05) is 6.92 Å². The Kier molecular flexibility index (Phi) is 3.90. The molecule has 0 aromatic rings. The molecule has 12 heavy (non-hydrogen) atoms. The minimum absolute atomic E-state index is 0.326. The molecule has 0 saturated heterocycles. The number of carbonyl (C=O) groups is 1. The average molecular weight is 194 g/mol. The molecule has 0 aromatic heterocycles. The first-order valence-corrected chi connectivity index (χ1v) is 5.46. The summed E-state index contributed by atoms with van der Waals surface area (Å²) in [6.07, 6.45) is -0.326. The lowest BCUT2D eigenvalue weighted by Gasteiger charge is -2.19. The molecule has 0 aliphatic rings. The van der Waals surface area contributed by atoms with Crippen molar-refractivity contribution < 1.29 is 19.4 Å². The van der Waals surface area contributed by atoms with Crippen LogP contribution in [0.15, 0.2) is 0 Å². The first-order chi connectivity index (χ1) is 5.27. The second-order valence-corrected chi connectivity index (χ2v) is 5.59. The smallest absolute Gasteiger partial charge is 0.217 e. The fourth-order valence-electron chi connectivity index (χ4n) is 0.633. The summed E-state index contributed by atoms with van der Waals surface area (Å²) >= 11 is 0. The van der Waals surface area contributed by atoms with Crippen LogP contribution in [-0.4, -0.2) is 22.8 Å². The van der Waals surface area contributed by atoms with Crippen LogP contribution in [0.2, 0.25) is 0 Å². The monoisotopic (exact) mass is 194 g/mol. The van der Waals surface area contributed by atoms with Crippen molar-refractivity contribution >= 4 is 13.3 Å². The second kappa shape index (κ2) is 4.03. The van der Waals surface area contributed by atoms with Gasteiger partial charge in [-0.25, -0.2) is 0 Å². The van der Waals surface area contributed by atoms with Crippen LogP contribution in [0.3, 0.4) is 0 Å². The van der Waals surface area contributed by atoms with Gasteiger partial charge >= 0.3 is 0 Å². The third kappa shape index (κ3) is 3.34. The van der Waals surface area contributed by atoms with Gasteiger partial charge < -0.3 is 20.5 Å². The normalized spacial score (nSPS) is 21.0. The Bertz CT molecular complexity index is 216. The summed E-state index contributed by atoms with van der Waals surface area (Å²) in [5.41, 5.74) is 5.19. The predicted octanol–water partition coefficient (Wildman–Crippen LogP) is -1.05. The molecule has 3 N–H and O–H groups in total. The maximum atomic E-state index is 11.2. The molecule has 72 valence electrons. The molecule has 0 rings (SSSR count). The quantitative estimate of drug-likeness (QED) is 0.555. The topological polar surface area (TPSA) is 103 Å². The highest BCUT2D eigenvalue weighted by molar-refractivity contribution is 7.58. The predicted molar refractivity (Wildman–Crippen MR) is 42.5 cm³/mol. The van der Waals surface area contributed by atoms with E-state index in [2.05, 4.69) is 0 Å². The van der Waals surface area contributed by atoms with E-state index in [0.717, 1.165) is 0 Å². The molecule has 5 nitrogen and oxygen atoms in total. The fraction of sp³-hybridized carbons (Fsp3) is 0.833. The molecule has 0 heterocycles. The number of nitrogens with two attached hydrogens (primary N) is 1. The molecule has 3 unspecified atom stereocenters. The molecule has 3 atom stereocenters. The molecule has 0 saturated carbocycles. The van der Waals surface area contributed by atoms with Crippen LogP contribution in [0.5, 0.6) is 0 Å². The van der Waals surface area contributed by atoms with Crippen LogP contribution < -0.4 is 10.8 Å². The van der Waals surface area contributed by atoms with Crippen LogP contribution >= 0.6 is 7.37 Å². The Morgan fingerprint density at radius 1 is 1.67 bits per heavy atom. The number of aliphatic carboxylic acids is 1. The van der Waals surface area contributed by atoms with E-state index in [4.69, 9.17) is 10.6 Å². The van der Waals surface area contributed by atoms with Crippen molar-refractivity contribution in [1.82, 2.24) is 0 Å². The molecular weight excluding hydrogens is 181 g/mol. The van der Waals surface area contributed by atoms with Crippen LogP contribution in [0.4, 0.5) is 0 Å². The zero-order chi connectivity index (χ0) is 9.94. The zero-order valence-corrected chi connectivity index (χ0v) is 7.95. The number of hydrogen-bond acceptors (Lipinski definition) is 4. The van der Waals surface area contributed by atoms with Gasteiger partial charge in [0.25, 0.3) is 0 Å². The van der Waals surface area contributed by atoms with Gasteiger partial charge in [0.2, 0.25) is 7.37 Å². The Hall–Kier alpha value is -0.380. The van der Waals surface area contributed by atoms with E-state index in [0.29, 0.717) is 0 Å². The Labute approximate surface area is 71.0 Å². The maximum absolute atomic E-state index is 11.2. The summed E-state index contributed by atoms with van der Waals surface area (Å²) in [7, 11) is -3.52. The first kappa shape index (κ1) is 11.6. The van der Waals surface area contributed by atoms with Crippen molar-refractivity contribution in [3.8, 4) is 0 Å². The van der Waals surface area contributed by atoms with Crippen LogP contribution in [-0.2, 0) is 9.36 Å². The SMILES string of the molecule is CC(CP(=O)(O)C(C)N)C(=O)[O-]. The van der Waals surface area contributed by atoms with Crippen LogP contribution in [0.1, 0.15) is 13.8 Å². The third-order valence-electron chi connectivity index (χ3n) is 1.57. The van der Waals surface area contributed by atoms with Gasteiger partial charge in [0.1, 0.15) is 0 Å². The van der Waals surface area contributed by atoms with E-state index < -0.39 is 25.0 Å². The summed E-state index contributed by atoms with van der Waals surface area (Å²) in [5.74, 6) is -3.16. The van der Waals surface area contributed by atoms with Crippen molar-refractivity contribution in [3.63, 3.8) is 0 Å². The highest BCUT2D eigenvalue weighted by Crippen LogP contribution is 2.45. The molecule has 6 heteroatoms. The summed E-state index contributed by atoms with van der Waals surface area (Å²) in [4.78, 5) is 19.4. The minimum atomic E-state index is -3.52. The highest BCUT2D eigenvalue weighted by atomic mass is 31.2. The van der Waals surface area contributed by atoms with Gasteiger partial charge in [-0.3, -0.25) is 4.57 Å². The maximum Gasteiger partial charge on any atom is 0.217 e. The first-order valence-electron chi connectivity index (χ1n) is 3.55. The second-order valence-electron chi connectivity index (χ2n) is 2.90. The largest absolute Gasteiger partial charge is 0.550 e. The number of hydrogen-bond donors (Lipinski definition) is 2. The molecule has 0 aliphatic heterocycles. The van der Waals surface area contributed by atoms with Crippen LogP contribution in [0.25, 0.3) is 0 Å². The Morgan fingerprint density at radius 2 is 2.08 bits per heavy atom. The van der Waals surface area contributed by atoms with Gasteiger partial charge in [-0.05, 0) is 6.92 Å². The van der Waals surface area contributed by atoms with Gasteiger partial charge in [0.15, 0.2) is 0 Å². The number of rotatable bonds is 4. The number of carboxylic acid groups (broad SMARTS) is 1. The lowest BCUT2D eigenvalue weighted by molar-refractivity contribution is -0.310. The van der Waals surface area contributed by atoms with Crippen molar-refractivity contribution in [2.75, 3.05) is 6.16 Å². The van der Waals surface area contributed by atoms with E-state index in [1.807, 2.05) is 0 Å². The number of carboxylic acids is 1. The van der Waals surface area contributed by atoms with Crippen molar-refractivity contribution in [2.45, 2.75) is 19.6 Å². The fourth-order valence-corrected chi connectivity index (χ4v) is 1.90. The van der Waals surface area contributed by atoms with Gasteiger partial charge in [0, 0.05) is 18.0 Å². The van der Waals surface area contributed by atoms with E-state index in [-0.39, 0.29) is 6.16 Å². The third-order valence-corrected chi connectivity index (χ3v) is 3.92. The standard InChI is InChI=1S/C6H14NO4P/c1-4(6(8)9)3-12(10,11)5(2)7/h4-5H,3,7H2,1-2H3,(H,8,9)(H,10,11)/p-1. The van der Waals surface area contributed by atoms with Crippen molar-refractivity contribution in [1.29, 1.82) is 0 Å². The van der Waals surface area contributed by atoms with E-state index in [1.165, 1.54) is 13.8 Å². The molecule has 0 fully saturated rings. The summed E-state index contributed by atoms with van der Waals surface area (Å²) in [6.45, 7) is 2.70. The van der Waals surface area contributed by atoms with Crippen LogP contribution in [0, 0.1) is 5.92 Å². The lowest BCUT2D eigenvalue weighted by Crippen LogP contribution is -2.33. The minimum Gasteiger partial charge on any atom is -0.550 e. The lowest BCUT2D eigenvalue weighted by atomic mass is 10.2. The van der Waals surface area contributed by atoms with Gasteiger partial charge in [0.05, 0.1) is 5.78 Å². The van der Waals surface area contributed by atoms with E-state index >= 15 is 0 Å². The van der Waals surface area contributed by atoms with Gasteiger partial charge in [-0.15, -0.1) is 0 Å². The summed E-state index contributed by atoms with van der Waals surface area (Å²) < 4.78 is 11.2. The van der Waals surface area contributed by atoms with E-state index in [9.17, 15) is 14.5 Å². The molecule has 0 amide bonds. The number of carbonyl (C=O) groups excluding carboxylic acids is 1. The Morgan fingerprint density at radius 3 is 2.33 bits per heavy atom.